The molecule has 16 heavy (non-hydrogen) atoms. The van der Waals surface area contributed by atoms with Crippen molar-refractivity contribution in [2.24, 2.45) is 0 Å². The topological polar surface area (TPSA) is 38.3 Å². The van der Waals surface area contributed by atoms with E-state index in [0.29, 0.717) is 13.2 Å². The first kappa shape index (κ1) is 13.7. The third-order valence-corrected chi connectivity index (χ3v) is 3.48. The lowest BCUT2D eigenvalue weighted by atomic mass is 10.4. The second-order valence-corrected chi connectivity index (χ2v) is 6.10. The number of hydrogen-bond acceptors (Lipinski definition) is 3. The summed E-state index contributed by atoms with van der Waals surface area (Å²) in [5, 5.41) is 2.86. The van der Waals surface area contributed by atoms with Gasteiger partial charge in [-0.25, -0.2) is 0 Å². The van der Waals surface area contributed by atoms with E-state index >= 15 is 0 Å². The quantitative estimate of drug-likeness (QED) is 0.820. The standard InChI is InChI=1S/C11H16BrNO2S/c1-8(2)15-7-3-6-13-11(14)9-4-5-10(12)16-9/h4-5,8H,3,6-7H2,1-2H3,(H,13,14). The Morgan fingerprint density at radius 2 is 2.31 bits per heavy atom. The van der Waals surface area contributed by atoms with Crippen molar-refractivity contribution in [2.45, 2.75) is 26.4 Å². The van der Waals surface area contributed by atoms with Crippen LogP contribution in [-0.4, -0.2) is 25.2 Å². The SMILES string of the molecule is CC(C)OCCCNC(=O)c1ccc(Br)s1. The number of thiophene rings is 1. The number of nitrogens with one attached hydrogen (secondary N) is 1. The molecule has 0 bridgehead atoms. The fraction of sp³-hybridized carbons (Fsp3) is 0.545. The van der Waals surface area contributed by atoms with Gasteiger partial charge in [-0.05, 0) is 48.3 Å². The van der Waals surface area contributed by atoms with Crippen LogP contribution < -0.4 is 5.32 Å². The number of halogens is 1. The first-order valence-corrected chi connectivity index (χ1v) is 6.85. The molecular formula is C11H16BrNO2S. The lowest BCUT2D eigenvalue weighted by Gasteiger charge is -2.07. The van der Waals surface area contributed by atoms with Crippen LogP contribution in [0.2, 0.25) is 0 Å². The van der Waals surface area contributed by atoms with E-state index in [0.717, 1.165) is 15.1 Å². The van der Waals surface area contributed by atoms with E-state index in [4.69, 9.17) is 4.74 Å². The minimum absolute atomic E-state index is 0.0137. The molecule has 90 valence electrons. The molecule has 0 atom stereocenters. The smallest absolute Gasteiger partial charge is 0.261 e. The summed E-state index contributed by atoms with van der Waals surface area (Å²) in [6.45, 7) is 5.34. The maximum atomic E-state index is 11.6. The number of ether oxygens (including phenoxy) is 1. The summed E-state index contributed by atoms with van der Waals surface area (Å²) in [5.41, 5.74) is 0. The van der Waals surface area contributed by atoms with Crippen LogP contribution in [0.5, 0.6) is 0 Å². The predicted molar refractivity (Wildman–Crippen MR) is 70.1 cm³/mol. The summed E-state index contributed by atoms with van der Waals surface area (Å²) in [6, 6.07) is 3.69. The van der Waals surface area contributed by atoms with Crippen LogP contribution in [-0.2, 0) is 4.74 Å². The first-order chi connectivity index (χ1) is 7.59. The van der Waals surface area contributed by atoms with Gasteiger partial charge in [-0.15, -0.1) is 11.3 Å². The zero-order chi connectivity index (χ0) is 12.0. The zero-order valence-corrected chi connectivity index (χ0v) is 11.9. The molecular weight excluding hydrogens is 290 g/mol. The van der Waals surface area contributed by atoms with Crippen LogP contribution in [0.3, 0.4) is 0 Å². The molecule has 0 saturated carbocycles. The molecule has 1 rings (SSSR count). The molecule has 0 aliphatic carbocycles. The monoisotopic (exact) mass is 305 g/mol. The molecule has 0 unspecified atom stereocenters. The van der Waals surface area contributed by atoms with Crippen LogP contribution in [0, 0.1) is 0 Å². The minimum atomic E-state index is -0.0137. The summed E-state index contributed by atoms with van der Waals surface area (Å²) < 4.78 is 6.35. The Hall–Kier alpha value is -0.390. The Balaban J connectivity index is 2.16. The highest BCUT2D eigenvalue weighted by Gasteiger charge is 2.07. The largest absolute Gasteiger partial charge is 0.379 e. The van der Waals surface area contributed by atoms with Gasteiger partial charge in [0.15, 0.2) is 0 Å². The minimum Gasteiger partial charge on any atom is -0.379 e. The molecule has 1 heterocycles. The molecule has 0 aliphatic heterocycles. The highest BCUT2D eigenvalue weighted by Crippen LogP contribution is 2.21. The lowest BCUT2D eigenvalue weighted by Crippen LogP contribution is -2.24. The van der Waals surface area contributed by atoms with Gasteiger partial charge in [-0.3, -0.25) is 4.79 Å². The molecule has 0 aromatic carbocycles. The van der Waals surface area contributed by atoms with Gasteiger partial charge in [0, 0.05) is 13.2 Å². The normalized spacial score (nSPS) is 10.8. The fourth-order valence-corrected chi connectivity index (χ4v) is 2.42. The molecule has 3 nitrogen and oxygen atoms in total. The Bertz CT molecular complexity index is 338. The van der Waals surface area contributed by atoms with E-state index in [-0.39, 0.29) is 12.0 Å². The molecule has 1 amide bonds. The molecule has 1 aromatic heterocycles. The van der Waals surface area contributed by atoms with Crippen molar-refractivity contribution < 1.29 is 9.53 Å². The lowest BCUT2D eigenvalue weighted by molar-refractivity contribution is 0.0757. The molecule has 0 saturated heterocycles. The van der Waals surface area contributed by atoms with Gasteiger partial charge < -0.3 is 10.1 Å². The number of carbonyl (C=O) groups excluding carboxylic acids is 1. The van der Waals surface area contributed by atoms with Crippen LogP contribution in [0.1, 0.15) is 29.9 Å². The number of rotatable bonds is 6. The summed E-state index contributed by atoms with van der Waals surface area (Å²) in [6.07, 6.45) is 1.10. The van der Waals surface area contributed by atoms with Crippen molar-refractivity contribution in [1.82, 2.24) is 5.32 Å². The van der Waals surface area contributed by atoms with Crippen LogP contribution in [0.4, 0.5) is 0 Å². The summed E-state index contributed by atoms with van der Waals surface area (Å²) in [4.78, 5) is 12.3. The molecule has 0 aliphatic rings. The van der Waals surface area contributed by atoms with E-state index in [1.165, 1.54) is 11.3 Å². The highest BCUT2D eigenvalue weighted by molar-refractivity contribution is 9.11. The Morgan fingerprint density at radius 3 is 2.88 bits per heavy atom. The van der Waals surface area contributed by atoms with E-state index in [1.54, 1.807) is 0 Å². The maximum absolute atomic E-state index is 11.6. The van der Waals surface area contributed by atoms with Crippen LogP contribution in [0.15, 0.2) is 15.9 Å². The first-order valence-electron chi connectivity index (χ1n) is 5.24. The van der Waals surface area contributed by atoms with Crippen molar-refractivity contribution in [1.29, 1.82) is 0 Å². The van der Waals surface area contributed by atoms with E-state index in [9.17, 15) is 4.79 Å². The van der Waals surface area contributed by atoms with Crippen LogP contribution >= 0.6 is 27.3 Å². The zero-order valence-electron chi connectivity index (χ0n) is 9.46. The second kappa shape index (κ2) is 7.04. The molecule has 0 radical (unpaired) electrons. The molecule has 1 aromatic rings. The average Bonchev–Trinajstić information content (AvgIpc) is 2.63. The third kappa shape index (κ3) is 5.09. The van der Waals surface area contributed by atoms with Gasteiger partial charge >= 0.3 is 0 Å². The van der Waals surface area contributed by atoms with E-state index in [2.05, 4.69) is 21.2 Å². The summed E-state index contributed by atoms with van der Waals surface area (Å²) in [5.74, 6) is -0.0137. The van der Waals surface area contributed by atoms with Gasteiger partial charge in [0.25, 0.3) is 5.91 Å². The molecule has 0 fully saturated rings. The van der Waals surface area contributed by atoms with Crippen molar-refractivity contribution in [3.05, 3.63) is 20.8 Å². The van der Waals surface area contributed by atoms with Crippen molar-refractivity contribution in [3.8, 4) is 0 Å². The van der Waals surface area contributed by atoms with Gasteiger partial charge in [0.05, 0.1) is 14.8 Å². The Morgan fingerprint density at radius 1 is 1.56 bits per heavy atom. The van der Waals surface area contributed by atoms with E-state index < -0.39 is 0 Å². The Kier molecular flexibility index (Phi) is 6.01. The number of hydrogen-bond donors (Lipinski definition) is 1. The second-order valence-electron chi connectivity index (χ2n) is 3.63. The van der Waals surface area contributed by atoms with Gasteiger partial charge in [-0.2, -0.15) is 0 Å². The van der Waals surface area contributed by atoms with E-state index in [1.807, 2.05) is 26.0 Å². The highest BCUT2D eigenvalue weighted by atomic mass is 79.9. The van der Waals surface area contributed by atoms with Crippen molar-refractivity contribution in [3.63, 3.8) is 0 Å². The van der Waals surface area contributed by atoms with Gasteiger partial charge in [0.1, 0.15) is 0 Å². The van der Waals surface area contributed by atoms with Crippen molar-refractivity contribution >= 4 is 33.2 Å². The van der Waals surface area contributed by atoms with Crippen LogP contribution in [0.25, 0.3) is 0 Å². The predicted octanol–water partition coefficient (Wildman–Crippen LogP) is 3.06. The summed E-state index contributed by atoms with van der Waals surface area (Å²) >= 11 is 4.77. The molecule has 1 N–H and O–H groups in total. The summed E-state index contributed by atoms with van der Waals surface area (Å²) in [7, 11) is 0. The maximum Gasteiger partial charge on any atom is 0.261 e. The van der Waals surface area contributed by atoms with Crippen molar-refractivity contribution in [2.75, 3.05) is 13.2 Å². The number of amides is 1. The molecule has 5 heteroatoms. The van der Waals surface area contributed by atoms with Gasteiger partial charge in [0.2, 0.25) is 0 Å². The molecule has 0 spiro atoms. The number of carbonyl (C=O) groups is 1. The average molecular weight is 306 g/mol. The van der Waals surface area contributed by atoms with Gasteiger partial charge in [-0.1, -0.05) is 0 Å². The third-order valence-electron chi connectivity index (χ3n) is 1.85. The fourth-order valence-electron chi connectivity index (χ4n) is 1.12. The Labute approximate surface area is 108 Å².